The summed E-state index contributed by atoms with van der Waals surface area (Å²) in [6, 6.07) is 11.3. The highest BCUT2D eigenvalue weighted by atomic mass is 16.3. The van der Waals surface area contributed by atoms with E-state index >= 15 is 0 Å². The molecule has 0 radical (unpaired) electrons. The largest absolute Gasteiger partial charge is 0.472 e. The highest BCUT2D eigenvalue weighted by molar-refractivity contribution is 5.22. The second-order valence-electron chi connectivity index (χ2n) is 5.18. The number of aryl methyl sites for hydroxylation is 1. The fourth-order valence-electron chi connectivity index (χ4n) is 2.27. The summed E-state index contributed by atoms with van der Waals surface area (Å²) < 4.78 is 5.16. The second kappa shape index (κ2) is 7.15. The molecule has 1 atom stereocenters. The Morgan fingerprint density at radius 2 is 1.79 bits per heavy atom. The van der Waals surface area contributed by atoms with Crippen LogP contribution in [0.4, 0.5) is 0 Å². The quantitative estimate of drug-likeness (QED) is 0.817. The van der Waals surface area contributed by atoms with Gasteiger partial charge >= 0.3 is 0 Å². The van der Waals surface area contributed by atoms with Gasteiger partial charge in [-0.2, -0.15) is 0 Å². The van der Waals surface area contributed by atoms with Crippen molar-refractivity contribution < 1.29 is 4.42 Å². The molecule has 0 aliphatic heterocycles. The van der Waals surface area contributed by atoms with Crippen LogP contribution in [0.3, 0.4) is 0 Å². The van der Waals surface area contributed by atoms with Crippen molar-refractivity contribution in [2.75, 3.05) is 6.54 Å². The molecular formula is C17H23NO. The van der Waals surface area contributed by atoms with E-state index in [1.54, 1.807) is 6.26 Å². The van der Waals surface area contributed by atoms with E-state index in [-0.39, 0.29) is 0 Å². The van der Waals surface area contributed by atoms with Gasteiger partial charge in [0.15, 0.2) is 0 Å². The first-order valence-corrected chi connectivity index (χ1v) is 7.08. The molecule has 0 aliphatic rings. The Balaban J connectivity index is 1.98. The van der Waals surface area contributed by atoms with Crippen molar-refractivity contribution in [2.45, 2.75) is 39.2 Å². The van der Waals surface area contributed by atoms with Gasteiger partial charge in [0.1, 0.15) is 0 Å². The molecule has 0 saturated carbocycles. The van der Waals surface area contributed by atoms with Gasteiger partial charge < -0.3 is 9.73 Å². The molecule has 1 N–H and O–H groups in total. The minimum absolute atomic E-state index is 0.472. The third-order valence-corrected chi connectivity index (χ3v) is 3.35. The number of hydrogen-bond acceptors (Lipinski definition) is 2. The smallest absolute Gasteiger partial charge is 0.0935 e. The van der Waals surface area contributed by atoms with E-state index < -0.39 is 0 Å². The van der Waals surface area contributed by atoms with Gasteiger partial charge in [-0.25, -0.2) is 0 Å². The van der Waals surface area contributed by atoms with Crippen molar-refractivity contribution in [3.05, 3.63) is 59.5 Å². The first-order chi connectivity index (χ1) is 9.28. The Labute approximate surface area is 115 Å². The topological polar surface area (TPSA) is 25.2 Å². The molecular weight excluding hydrogens is 234 g/mol. The first-order valence-electron chi connectivity index (χ1n) is 7.08. The minimum atomic E-state index is 0.472. The van der Waals surface area contributed by atoms with Gasteiger partial charge in [0.25, 0.3) is 0 Å². The summed E-state index contributed by atoms with van der Waals surface area (Å²) in [4.78, 5) is 0. The standard InChI is InChI=1S/C17H23NO/c1-3-9-18-17(12-16-8-10-19-13-16)11-15-6-4-14(2)5-7-15/h4-8,10,13,17-18H,3,9,11-12H2,1-2H3. The van der Waals surface area contributed by atoms with E-state index in [0.29, 0.717) is 6.04 Å². The molecule has 19 heavy (non-hydrogen) atoms. The van der Waals surface area contributed by atoms with Crippen LogP contribution in [0, 0.1) is 6.92 Å². The Morgan fingerprint density at radius 1 is 1.05 bits per heavy atom. The minimum Gasteiger partial charge on any atom is -0.472 e. The Bertz CT molecular complexity index is 459. The van der Waals surface area contributed by atoms with Crippen molar-refractivity contribution in [2.24, 2.45) is 0 Å². The van der Waals surface area contributed by atoms with Gasteiger partial charge in [-0.05, 0) is 49.9 Å². The van der Waals surface area contributed by atoms with E-state index in [1.807, 2.05) is 6.26 Å². The maximum absolute atomic E-state index is 5.16. The number of benzene rings is 1. The average molecular weight is 257 g/mol. The predicted octanol–water partition coefficient (Wildman–Crippen LogP) is 3.74. The number of hydrogen-bond donors (Lipinski definition) is 1. The predicted molar refractivity (Wildman–Crippen MR) is 79.4 cm³/mol. The van der Waals surface area contributed by atoms with Crippen molar-refractivity contribution in [1.82, 2.24) is 5.32 Å². The van der Waals surface area contributed by atoms with E-state index in [0.717, 1.165) is 25.8 Å². The lowest BCUT2D eigenvalue weighted by atomic mass is 9.99. The summed E-state index contributed by atoms with van der Waals surface area (Å²) in [5.41, 5.74) is 3.97. The van der Waals surface area contributed by atoms with Crippen LogP contribution in [-0.4, -0.2) is 12.6 Å². The van der Waals surface area contributed by atoms with E-state index in [1.165, 1.54) is 16.7 Å². The molecule has 2 rings (SSSR count). The Morgan fingerprint density at radius 3 is 2.42 bits per heavy atom. The van der Waals surface area contributed by atoms with Crippen LogP contribution in [0.1, 0.15) is 30.0 Å². The molecule has 1 heterocycles. The van der Waals surface area contributed by atoms with Crippen LogP contribution in [0.2, 0.25) is 0 Å². The first kappa shape index (κ1) is 13.9. The molecule has 2 aromatic rings. The highest BCUT2D eigenvalue weighted by Gasteiger charge is 2.10. The normalized spacial score (nSPS) is 12.5. The highest BCUT2D eigenvalue weighted by Crippen LogP contribution is 2.11. The van der Waals surface area contributed by atoms with Gasteiger partial charge in [-0.15, -0.1) is 0 Å². The molecule has 0 spiro atoms. The number of rotatable bonds is 7. The third kappa shape index (κ3) is 4.56. The summed E-state index contributed by atoms with van der Waals surface area (Å²) in [6.45, 7) is 5.39. The molecule has 0 aliphatic carbocycles. The van der Waals surface area contributed by atoms with Crippen molar-refractivity contribution in [1.29, 1.82) is 0 Å². The lowest BCUT2D eigenvalue weighted by molar-refractivity contribution is 0.499. The van der Waals surface area contributed by atoms with E-state index in [2.05, 4.69) is 49.5 Å². The molecule has 1 aromatic heterocycles. The molecule has 0 fully saturated rings. The molecule has 1 unspecified atom stereocenters. The van der Waals surface area contributed by atoms with Gasteiger partial charge in [0.05, 0.1) is 12.5 Å². The molecule has 0 bridgehead atoms. The van der Waals surface area contributed by atoms with Crippen LogP contribution in [0.5, 0.6) is 0 Å². The molecule has 102 valence electrons. The fourth-order valence-corrected chi connectivity index (χ4v) is 2.27. The zero-order chi connectivity index (χ0) is 13.5. The van der Waals surface area contributed by atoms with Crippen LogP contribution < -0.4 is 5.32 Å². The second-order valence-corrected chi connectivity index (χ2v) is 5.18. The zero-order valence-electron chi connectivity index (χ0n) is 11.9. The van der Waals surface area contributed by atoms with Gasteiger partial charge in [-0.1, -0.05) is 36.8 Å². The summed E-state index contributed by atoms with van der Waals surface area (Å²) >= 11 is 0. The summed E-state index contributed by atoms with van der Waals surface area (Å²) in [7, 11) is 0. The van der Waals surface area contributed by atoms with Crippen LogP contribution in [0.15, 0.2) is 47.3 Å². The zero-order valence-corrected chi connectivity index (χ0v) is 11.9. The lowest BCUT2D eigenvalue weighted by Gasteiger charge is -2.18. The van der Waals surface area contributed by atoms with Crippen LogP contribution >= 0.6 is 0 Å². The molecule has 2 nitrogen and oxygen atoms in total. The number of nitrogens with one attached hydrogen (secondary N) is 1. The average Bonchev–Trinajstić information content (AvgIpc) is 2.91. The van der Waals surface area contributed by atoms with Crippen molar-refractivity contribution in [3.63, 3.8) is 0 Å². The summed E-state index contributed by atoms with van der Waals surface area (Å²) in [5, 5.41) is 3.63. The van der Waals surface area contributed by atoms with Crippen LogP contribution in [0.25, 0.3) is 0 Å². The van der Waals surface area contributed by atoms with Gasteiger partial charge in [-0.3, -0.25) is 0 Å². The van der Waals surface area contributed by atoms with Crippen LogP contribution in [-0.2, 0) is 12.8 Å². The maximum atomic E-state index is 5.16. The Hall–Kier alpha value is -1.54. The molecule has 2 heteroatoms. The van der Waals surface area contributed by atoms with Crippen molar-refractivity contribution >= 4 is 0 Å². The Kier molecular flexibility index (Phi) is 5.22. The molecule has 0 saturated heterocycles. The lowest BCUT2D eigenvalue weighted by Crippen LogP contribution is -2.33. The van der Waals surface area contributed by atoms with Gasteiger partial charge in [0.2, 0.25) is 0 Å². The summed E-state index contributed by atoms with van der Waals surface area (Å²) in [5.74, 6) is 0. The summed E-state index contributed by atoms with van der Waals surface area (Å²) in [6.07, 6.45) is 6.83. The van der Waals surface area contributed by atoms with Crippen molar-refractivity contribution in [3.8, 4) is 0 Å². The maximum Gasteiger partial charge on any atom is 0.0935 e. The third-order valence-electron chi connectivity index (χ3n) is 3.35. The van der Waals surface area contributed by atoms with Gasteiger partial charge in [0, 0.05) is 6.04 Å². The SMILES string of the molecule is CCCNC(Cc1ccc(C)cc1)Cc1ccoc1. The molecule has 0 amide bonds. The monoisotopic (exact) mass is 257 g/mol. The number of furan rings is 1. The molecule has 1 aromatic carbocycles. The fraction of sp³-hybridized carbons (Fsp3) is 0.412. The van der Waals surface area contributed by atoms with E-state index in [9.17, 15) is 0 Å². The van der Waals surface area contributed by atoms with E-state index in [4.69, 9.17) is 4.42 Å².